The lowest BCUT2D eigenvalue weighted by Crippen LogP contribution is -2.45. The molecule has 1 heterocycles. The number of rotatable bonds is 6. The van der Waals surface area contributed by atoms with E-state index in [9.17, 15) is 31.2 Å². The highest BCUT2D eigenvalue weighted by Crippen LogP contribution is 2.33. The number of H-pyrrole nitrogens is 1. The van der Waals surface area contributed by atoms with Crippen molar-refractivity contribution in [3.8, 4) is 0 Å². The number of carbonyl (C=O) groups is 1. The second-order valence-corrected chi connectivity index (χ2v) is 8.18. The zero-order valence-electron chi connectivity index (χ0n) is 15.8. The van der Waals surface area contributed by atoms with E-state index in [0.717, 1.165) is 18.2 Å². The maximum atomic E-state index is 13.1. The van der Waals surface area contributed by atoms with Gasteiger partial charge in [0.2, 0.25) is 15.9 Å². The lowest BCUT2D eigenvalue weighted by Gasteiger charge is -2.17. The first-order valence-electron chi connectivity index (χ1n) is 8.48. The van der Waals surface area contributed by atoms with Crippen LogP contribution in [0.25, 0.3) is 0 Å². The number of pyridine rings is 1. The molecule has 1 atom stereocenters. The van der Waals surface area contributed by atoms with Gasteiger partial charge in [0.15, 0.2) is 0 Å². The second-order valence-electron chi connectivity index (χ2n) is 6.50. The van der Waals surface area contributed by atoms with Gasteiger partial charge in [0.25, 0.3) is 5.56 Å². The summed E-state index contributed by atoms with van der Waals surface area (Å²) in [4.78, 5) is 25.8. The number of benzene rings is 1. The standard InChI is InChI=1S/C18H20F3N3O4S/c1-10-8-11(2)23-17(26)13(10)9-22-16(25)12(3)24-29(27,28)15-7-5-4-6-14(15)18(19,20)21/h4-8,12,24H,9H2,1-3H3,(H,22,25)(H,23,26)/t12-/m0/s1. The summed E-state index contributed by atoms with van der Waals surface area (Å²) in [6.45, 7) is 4.41. The smallest absolute Gasteiger partial charge is 0.350 e. The van der Waals surface area contributed by atoms with Crippen molar-refractivity contribution in [3.05, 3.63) is 63.1 Å². The van der Waals surface area contributed by atoms with E-state index < -0.39 is 44.2 Å². The van der Waals surface area contributed by atoms with Gasteiger partial charge in [-0.05, 0) is 44.5 Å². The number of amides is 1. The van der Waals surface area contributed by atoms with Gasteiger partial charge in [0.05, 0.1) is 16.5 Å². The first-order valence-corrected chi connectivity index (χ1v) is 9.97. The van der Waals surface area contributed by atoms with Crippen molar-refractivity contribution in [2.75, 3.05) is 0 Å². The Morgan fingerprint density at radius 2 is 1.83 bits per heavy atom. The summed E-state index contributed by atoms with van der Waals surface area (Å²) in [5.41, 5.74) is -0.149. The summed E-state index contributed by atoms with van der Waals surface area (Å²) in [5, 5.41) is 2.41. The maximum absolute atomic E-state index is 13.1. The van der Waals surface area contributed by atoms with E-state index in [1.54, 1.807) is 19.9 Å². The molecule has 2 aromatic rings. The molecule has 0 bridgehead atoms. The summed E-state index contributed by atoms with van der Waals surface area (Å²) >= 11 is 0. The number of alkyl halides is 3. The Bertz CT molecular complexity index is 1080. The Hall–Kier alpha value is -2.66. The van der Waals surface area contributed by atoms with Crippen LogP contribution in [0.2, 0.25) is 0 Å². The van der Waals surface area contributed by atoms with Gasteiger partial charge in [-0.1, -0.05) is 12.1 Å². The van der Waals surface area contributed by atoms with E-state index in [4.69, 9.17) is 0 Å². The number of sulfonamides is 1. The van der Waals surface area contributed by atoms with Crippen molar-refractivity contribution in [2.24, 2.45) is 0 Å². The third-order valence-corrected chi connectivity index (χ3v) is 5.74. The fraction of sp³-hybridized carbons (Fsp3) is 0.333. The van der Waals surface area contributed by atoms with Crippen LogP contribution in [0.15, 0.2) is 40.0 Å². The number of carbonyl (C=O) groups excluding carboxylic acids is 1. The SMILES string of the molecule is Cc1cc(C)c(CNC(=O)[C@H](C)NS(=O)(=O)c2ccccc2C(F)(F)F)c(=O)[nH]1. The van der Waals surface area contributed by atoms with Crippen LogP contribution < -0.4 is 15.6 Å². The maximum Gasteiger partial charge on any atom is 0.417 e. The van der Waals surface area contributed by atoms with E-state index in [1.165, 1.54) is 6.92 Å². The fourth-order valence-electron chi connectivity index (χ4n) is 2.71. The summed E-state index contributed by atoms with van der Waals surface area (Å²) in [6.07, 6.45) is -4.87. The van der Waals surface area contributed by atoms with Crippen molar-refractivity contribution in [1.82, 2.24) is 15.0 Å². The quantitative estimate of drug-likeness (QED) is 0.650. The molecule has 2 rings (SSSR count). The zero-order valence-corrected chi connectivity index (χ0v) is 16.7. The molecule has 0 saturated carbocycles. The fourth-order valence-corrected chi connectivity index (χ4v) is 4.15. The molecule has 0 spiro atoms. The molecule has 0 unspecified atom stereocenters. The number of aromatic nitrogens is 1. The van der Waals surface area contributed by atoms with E-state index in [0.29, 0.717) is 22.9 Å². The van der Waals surface area contributed by atoms with Gasteiger partial charge < -0.3 is 10.3 Å². The van der Waals surface area contributed by atoms with Crippen LogP contribution in [0, 0.1) is 13.8 Å². The Balaban J connectivity index is 2.15. The van der Waals surface area contributed by atoms with Crippen molar-refractivity contribution in [1.29, 1.82) is 0 Å². The minimum Gasteiger partial charge on any atom is -0.350 e. The molecular formula is C18H20F3N3O4S. The Morgan fingerprint density at radius 1 is 1.21 bits per heavy atom. The molecular weight excluding hydrogens is 411 g/mol. The van der Waals surface area contributed by atoms with Crippen LogP contribution in [0.1, 0.15) is 29.3 Å². The Morgan fingerprint density at radius 3 is 2.41 bits per heavy atom. The van der Waals surface area contributed by atoms with Gasteiger partial charge >= 0.3 is 6.18 Å². The molecule has 7 nitrogen and oxygen atoms in total. The first-order chi connectivity index (χ1) is 13.3. The van der Waals surface area contributed by atoms with Crippen molar-refractivity contribution >= 4 is 15.9 Å². The minimum atomic E-state index is -4.87. The number of aromatic amines is 1. The monoisotopic (exact) mass is 431 g/mol. The molecule has 3 N–H and O–H groups in total. The number of halogens is 3. The van der Waals surface area contributed by atoms with Crippen LogP contribution in [-0.2, 0) is 27.5 Å². The molecule has 0 aliphatic rings. The topological polar surface area (TPSA) is 108 Å². The van der Waals surface area contributed by atoms with Crippen LogP contribution in [0.4, 0.5) is 13.2 Å². The van der Waals surface area contributed by atoms with E-state index in [-0.39, 0.29) is 6.54 Å². The number of hydrogen-bond donors (Lipinski definition) is 3. The average molecular weight is 431 g/mol. The van der Waals surface area contributed by atoms with Crippen LogP contribution in [0.5, 0.6) is 0 Å². The Labute approximate surface area is 165 Å². The molecule has 1 amide bonds. The average Bonchev–Trinajstić information content (AvgIpc) is 2.59. The summed E-state index contributed by atoms with van der Waals surface area (Å²) in [6, 6.07) is 4.02. The summed E-state index contributed by atoms with van der Waals surface area (Å²) < 4.78 is 66.0. The molecule has 1 aromatic heterocycles. The number of hydrogen-bond acceptors (Lipinski definition) is 4. The van der Waals surface area contributed by atoms with Crippen LogP contribution >= 0.6 is 0 Å². The predicted octanol–water partition coefficient (Wildman–Crippen LogP) is 1.99. The lowest BCUT2D eigenvalue weighted by molar-refractivity contribution is -0.139. The zero-order chi connectivity index (χ0) is 22.0. The first kappa shape index (κ1) is 22.6. The van der Waals surface area contributed by atoms with Crippen molar-refractivity contribution < 1.29 is 26.4 Å². The normalized spacial score (nSPS) is 13.2. The highest BCUT2D eigenvalue weighted by molar-refractivity contribution is 7.89. The molecule has 0 aliphatic heterocycles. The lowest BCUT2D eigenvalue weighted by atomic mass is 10.1. The predicted molar refractivity (Wildman–Crippen MR) is 99.6 cm³/mol. The number of nitrogens with one attached hydrogen (secondary N) is 3. The molecule has 1 aromatic carbocycles. The highest BCUT2D eigenvalue weighted by Gasteiger charge is 2.37. The molecule has 29 heavy (non-hydrogen) atoms. The van der Waals surface area contributed by atoms with Gasteiger partial charge in [-0.3, -0.25) is 9.59 Å². The molecule has 158 valence electrons. The van der Waals surface area contributed by atoms with Gasteiger partial charge in [-0.15, -0.1) is 0 Å². The van der Waals surface area contributed by atoms with Gasteiger partial charge in [0, 0.05) is 17.8 Å². The van der Waals surface area contributed by atoms with E-state index in [2.05, 4.69) is 10.3 Å². The molecule has 11 heteroatoms. The second kappa shape index (κ2) is 8.37. The third kappa shape index (κ3) is 5.45. The Kier molecular flexibility index (Phi) is 6.53. The van der Waals surface area contributed by atoms with Crippen molar-refractivity contribution in [2.45, 2.75) is 44.4 Å². The van der Waals surface area contributed by atoms with Gasteiger partial charge in [-0.2, -0.15) is 17.9 Å². The minimum absolute atomic E-state index is 0.161. The third-order valence-electron chi connectivity index (χ3n) is 4.14. The van der Waals surface area contributed by atoms with Crippen molar-refractivity contribution in [3.63, 3.8) is 0 Å². The largest absolute Gasteiger partial charge is 0.417 e. The van der Waals surface area contributed by atoms with E-state index in [1.807, 2.05) is 4.72 Å². The molecule has 0 saturated heterocycles. The molecule has 0 aliphatic carbocycles. The highest BCUT2D eigenvalue weighted by atomic mass is 32.2. The van der Waals surface area contributed by atoms with E-state index >= 15 is 0 Å². The van der Waals surface area contributed by atoms with Gasteiger partial charge in [-0.25, -0.2) is 8.42 Å². The summed E-state index contributed by atoms with van der Waals surface area (Å²) in [5.74, 6) is -0.794. The summed E-state index contributed by atoms with van der Waals surface area (Å²) in [7, 11) is -4.62. The molecule has 0 fully saturated rings. The number of aryl methyl sites for hydroxylation is 2. The van der Waals surface area contributed by atoms with Gasteiger partial charge in [0.1, 0.15) is 0 Å². The van der Waals surface area contributed by atoms with Crippen LogP contribution in [0.3, 0.4) is 0 Å². The molecule has 0 radical (unpaired) electrons. The van der Waals surface area contributed by atoms with Crippen LogP contribution in [-0.4, -0.2) is 25.4 Å².